The number of sulfonamides is 1. The summed E-state index contributed by atoms with van der Waals surface area (Å²) in [6.07, 6.45) is 0.627. The van der Waals surface area contributed by atoms with Gasteiger partial charge in [-0.05, 0) is 62.6 Å². The van der Waals surface area contributed by atoms with Gasteiger partial charge in [0.1, 0.15) is 0 Å². The molecular weight excluding hydrogens is 360 g/mol. The molecule has 0 spiro atoms. The first-order valence-corrected chi connectivity index (χ1v) is 10.7. The van der Waals surface area contributed by atoms with E-state index >= 15 is 0 Å². The fraction of sp³-hybridized carbons (Fsp3) is 0.381. The monoisotopic (exact) mass is 386 g/mol. The van der Waals surface area contributed by atoms with Crippen LogP contribution in [0, 0.1) is 20.8 Å². The van der Waals surface area contributed by atoms with Crippen LogP contribution < -0.4 is 0 Å². The molecule has 2 aromatic rings. The van der Waals surface area contributed by atoms with E-state index in [4.69, 9.17) is 0 Å². The minimum Gasteiger partial charge on any atom is -0.337 e. The Balaban J connectivity index is 1.74. The Morgan fingerprint density at radius 3 is 2.22 bits per heavy atom. The predicted octanol–water partition coefficient (Wildman–Crippen LogP) is 3.15. The van der Waals surface area contributed by atoms with Gasteiger partial charge in [-0.2, -0.15) is 4.31 Å². The highest BCUT2D eigenvalue weighted by Crippen LogP contribution is 2.19. The molecule has 0 bridgehead atoms. The first-order valence-electron chi connectivity index (χ1n) is 9.22. The number of nitrogens with zero attached hydrogens (tertiary/aromatic N) is 2. The van der Waals surface area contributed by atoms with E-state index in [0.29, 0.717) is 43.1 Å². The van der Waals surface area contributed by atoms with Crippen molar-refractivity contribution in [3.8, 4) is 0 Å². The molecule has 0 radical (unpaired) electrons. The molecule has 1 fully saturated rings. The van der Waals surface area contributed by atoms with Crippen molar-refractivity contribution in [1.82, 2.24) is 9.21 Å². The summed E-state index contributed by atoms with van der Waals surface area (Å²) in [6, 6.07) is 12.6. The van der Waals surface area contributed by atoms with Crippen LogP contribution in [0.2, 0.25) is 0 Å². The first kappa shape index (κ1) is 19.6. The topological polar surface area (TPSA) is 57.7 Å². The lowest BCUT2D eigenvalue weighted by atomic mass is 10.1. The maximum atomic E-state index is 12.9. The van der Waals surface area contributed by atoms with Gasteiger partial charge in [0, 0.05) is 31.7 Å². The lowest BCUT2D eigenvalue weighted by molar-refractivity contribution is 0.0764. The SMILES string of the molecule is Cc1ccc(S(=O)(=O)N2CCCN(C(=O)c3ccc(C)c(C)c3)CC2)cc1. The Bertz CT molecular complexity index is 936. The quantitative estimate of drug-likeness (QED) is 0.814. The zero-order valence-corrected chi connectivity index (χ0v) is 16.9. The van der Waals surface area contributed by atoms with E-state index in [1.165, 1.54) is 4.31 Å². The van der Waals surface area contributed by atoms with Crippen molar-refractivity contribution in [2.75, 3.05) is 26.2 Å². The molecule has 5 nitrogen and oxygen atoms in total. The van der Waals surface area contributed by atoms with Crippen molar-refractivity contribution in [2.45, 2.75) is 32.1 Å². The maximum absolute atomic E-state index is 12.9. The second-order valence-electron chi connectivity index (χ2n) is 7.16. The second-order valence-corrected chi connectivity index (χ2v) is 9.10. The molecule has 0 aromatic heterocycles. The van der Waals surface area contributed by atoms with Crippen LogP contribution in [0.5, 0.6) is 0 Å². The van der Waals surface area contributed by atoms with Gasteiger partial charge in [-0.3, -0.25) is 4.79 Å². The number of benzene rings is 2. The van der Waals surface area contributed by atoms with E-state index in [2.05, 4.69) is 0 Å². The Morgan fingerprint density at radius 1 is 0.852 bits per heavy atom. The van der Waals surface area contributed by atoms with Crippen molar-refractivity contribution in [1.29, 1.82) is 0 Å². The molecule has 27 heavy (non-hydrogen) atoms. The Morgan fingerprint density at radius 2 is 1.56 bits per heavy atom. The molecule has 1 aliphatic rings. The summed E-state index contributed by atoms with van der Waals surface area (Å²) >= 11 is 0. The second kappa shape index (κ2) is 7.82. The highest BCUT2D eigenvalue weighted by Gasteiger charge is 2.28. The van der Waals surface area contributed by atoms with Crippen molar-refractivity contribution in [3.63, 3.8) is 0 Å². The standard InChI is InChI=1S/C21H26N2O3S/c1-16-5-9-20(10-6-16)27(25,26)23-12-4-11-22(13-14-23)21(24)19-8-7-17(2)18(3)15-19/h5-10,15H,4,11-14H2,1-3H3. The summed E-state index contributed by atoms with van der Waals surface area (Å²) in [7, 11) is -3.53. The molecule has 0 atom stereocenters. The number of aryl methyl sites for hydroxylation is 3. The van der Waals surface area contributed by atoms with Crippen LogP contribution in [0.15, 0.2) is 47.4 Å². The average Bonchev–Trinajstić information content (AvgIpc) is 2.90. The molecule has 1 saturated heterocycles. The number of rotatable bonds is 3. The van der Waals surface area contributed by atoms with Gasteiger partial charge in [-0.1, -0.05) is 23.8 Å². The molecule has 6 heteroatoms. The summed E-state index contributed by atoms with van der Waals surface area (Å²) in [5.41, 5.74) is 3.92. The molecule has 2 aromatic carbocycles. The largest absolute Gasteiger partial charge is 0.337 e. The van der Waals surface area contributed by atoms with Crippen molar-refractivity contribution in [3.05, 3.63) is 64.7 Å². The molecule has 144 valence electrons. The van der Waals surface area contributed by atoms with E-state index in [1.54, 1.807) is 29.2 Å². The van der Waals surface area contributed by atoms with Crippen molar-refractivity contribution < 1.29 is 13.2 Å². The van der Waals surface area contributed by atoms with E-state index in [1.807, 2.05) is 39.0 Å². The van der Waals surface area contributed by atoms with Gasteiger partial charge in [0.2, 0.25) is 10.0 Å². The molecule has 1 amide bonds. The van der Waals surface area contributed by atoms with E-state index in [-0.39, 0.29) is 5.91 Å². The van der Waals surface area contributed by atoms with E-state index < -0.39 is 10.0 Å². The van der Waals surface area contributed by atoms with Crippen LogP contribution >= 0.6 is 0 Å². The molecule has 0 N–H and O–H groups in total. The summed E-state index contributed by atoms with van der Waals surface area (Å²) in [5.74, 6) is -0.0346. The third-order valence-corrected chi connectivity index (χ3v) is 7.07. The first-order chi connectivity index (χ1) is 12.8. The molecular formula is C21H26N2O3S. The Kier molecular flexibility index (Phi) is 5.67. The van der Waals surface area contributed by atoms with Crippen LogP contribution in [0.25, 0.3) is 0 Å². The number of carbonyl (C=O) groups is 1. The maximum Gasteiger partial charge on any atom is 0.253 e. The number of hydrogen-bond acceptors (Lipinski definition) is 3. The smallest absolute Gasteiger partial charge is 0.253 e. The fourth-order valence-electron chi connectivity index (χ4n) is 3.25. The van der Waals surface area contributed by atoms with Crippen LogP contribution in [0.1, 0.15) is 33.5 Å². The summed E-state index contributed by atoms with van der Waals surface area (Å²) in [5, 5.41) is 0. The zero-order chi connectivity index (χ0) is 19.6. The predicted molar refractivity (Wildman–Crippen MR) is 106 cm³/mol. The fourth-order valence-corrected chi connectivity index (χ4v) is 4.72. The number of carbonyl (C=O) groups excluding carboxylic acids is 1. The molecule has 0 aliphatic carbocycles. The number of amides is 1. The Hall–Kier alpha value is -2.18. The summed E-state index contributed by atoms with van der Waals surface area (Å²) < 4.78 is 27.3. The third-order valence-electron chi connectivity index (χ3n) is 5.15. The van der Waals surface area contributed by atoms with Gasteiger partial charge in [0.05, 0.1) is 4.90 Å². The van der Waals surface area contributed by atoms with Gasteiger partial charge < -0.3 is 4.90 Å². The Labute approximate surface area is 161 Å². The molecule has 3 rings (SSSR count). The van der Waals surface area contributed by atoms with Gasteiger partial charge >= 0.3 is 0 Å². The van der Waals surface area contributed by atoms with E-state index in [0.717, 1.165) is 16.7 Å². The van der Waals surface area contributed by atoms with Gasteiger partial charge in [0.15, 0.2) is 0 Å². The lowest BCUT2D eigenvalue weighted by Gasteiger charge is -2.22. The average molecular weight is 387 g/mol. The van der Waals surface area contributed by atoms with Gasteiger partial charge in [0.25, 0.3) is 5.91 Å². The lowest BCUT2D eigenvalue weighted by Crippen LogP contribution is -2.37. The molecule has 1 heterocycles. The highest BCUT2D eigenvalue weighted by molar-refractivity contribution is 7.89. The molecule has 1 aliphatic heterocycles. The summed E-state index contributed by atoms with van der Waals surface area (Å²) in [4.78, 5) is 14.9. The summed E-state index contributed by atoms with van der Waals surface area (Å²) in [6.45, 7) is 7.63. The van der Waals surface area contributed by atoms with Crippen LogP contribution in [0.3, 0.4) is 0 Å². The number of hydrogen-bond donors (Lipinski definition) is 0. The van der Waals surface area contributed by atoms with Gasteiger partial charge in [-0.25, -0.2) is 8.42 Å². The minimum absolute atomic E-state index is 0.0346. The minimum atomic E-state index is -3.53. The van der Waals surface area contributed by atoms with Crippen LogP contribution in [-0.2, 0) is 10.0 Å². The zero-order valence-electron chi connectivity index (χ0n) is 16.1. The van der Waals surface area contributed by atoms with Gasteiger partial charge in [-0.15, -0.1) is 0 Å². The third kappa shape index (κ3) is 4.22. The normalized spacial score (nSPS) is 16.2. The van der Waals surface area contributed by atoms with Crippen molar-refractivity contribution >= 4 is 15.9 Å². The van der Waals surface area contributed by atoms with Crippen LogP contribution in [-0.4, -0.2) is 49.7 Å². The molecule has 0 saturated carbocycles. The van der Waals surface area contributed by atoms with Crippen molar-refractivity contribution in [2.24, 2.45) is 0 Å². The van der Waals surface area contributed by atoms with E-state index in [9.17, 15) is 13.2 Å². The molecule has 0 unspecified atom stereocenters. The van der Waals surface area contributed by atoms with Crippen LogP contribution in [0.4, 0.5) is 0 Å². The highest BCUT2D eigenvalue weighted by atomic mass is 32.2.